The highest BCUT2D eigenvalue weighted by molar-refractivity contribution is 5.75. The zero-order chi connectivity index (χ0) is 24.4. The number of hydrogen-bond donors (Lipinski definition) is 1. The first-order valence-electron chi connectivity index (χ1n) is 13.0. The van der Waals surface area contributed by atoms with Crippen LogP contribution < -0.4 is 4.74 Å². The Labute approximate surface area is 205 Å². The summed E-state index contributed by atoms with van der Waals surface area (Å²) in [5.74, 6) is -0.00405. The highest BCUT2D eigenvalue weighted by Crippen LogP contribution is 2.25. The molecule has 0 bridgehead atoms. The lowest BCUT2D eigenvalue weighted by Crippen LogP contribution is -2.12. The van der Waals surface area contributed by atoms with Crippen molar-refractivity contribution in [2.45, 2.75) is 90.4 Å². The van der Waals surface area contributed by atoms with Crippen LogP contribution in [0.2, 0.25) is 0 Å². The summed E-state index contributed by atoms with van der Waals surface area (Å²) in [5.41, 5.74) is 1.54. The van der Waals surface area contributed by atoms with Crippen LogP contribution in [0.3, 0.4) is 0 Å². The van der Waals surface area contributed by atoms with Crippen molar-refractivity contribution in [2.75, 3.05) is 19.8 Å². The Kier molecular flexibility index (Phi) is 13.9. The van der Waals surface area contributed by atoms with Crippen LogP contribution in [0, 0.1) is 0 Å². The highest BCUT2D eigenvalue weighted by Gasteiger charge is 2.20. The molecule has 0 aliphatic carbocycles. The predicted molar refractivity (Wildman–Crippen MR) is 136 cm³/mol. The maximum absolute atomic E-state index is 11.8. The first-order valence-corrected chi connectivity index (χ1v) is 13.0. The van der Waals surface area contributed by atoms with E-state index in [9.17, 15) is 9.90 Å². The molecule has 0 fully saturated rings. The van der Waals surface area contributed by atoms with Crippen molar-refractivity contribution in [1.82, 2.24) is 9.97 Å². The average molecular weight is 471 g/mol. The van der Waals surface area contributed by atoms with Gasteiger partial charge in [-0.2, -0.15) is 0 Å². The standard InChI is InChI=1S/C28H42N2O4/c1-3-5-7-8-9-10-11-13-26(28(31)32)24-21-29-27(30-22-24)23-14-16-25(17-15-23)34-20-19-33-18-12-6-4-2/h14-17,21-22,26H,3-13,18-20H2,1-2H3,(H,31,32). The van der Waals surface area contributed by atoms with Crippen molar-refractivity contribution in [1.29, 1.82) is 0 Å². The topological polar surface area (TPSA) is 81.5 Å². The number of benzene rings is 1. The maximum atomic E-state index is 11.8. The third kappa shape index (κ3) is 10.6. The molecule has 188 valence electrons. The van der Waals surface area contributed by atoms with Crippen molar-refractivity contribution < 1.29 is 19.4 Å². The minimum atomic E-state index is -0.807. The Balaban J connectivity index is 1.79. The van der Waals surface area contributed by atoms with Crippen LogP contribution in [0.15, 0.2) is 36.7 Å². The molecule has 1 aromatic carbocycles. The number of carbonyl (C=O) groups is 1. The Hall–Kier alpha value is -2.47. The Morgan fingerprint density at radius 2 is 1.44 bits per heavy atom. The molecule has 0 saturated heterocycles. The number of hydrogen-bond acceptors (Lipinski definition) is 5. The fraction of sp³-hybridized carbons (Fsp3) is 0.607. The first-order chi connectivity index (χ1) is 16.7. The summed E-state index contributed by atoms with van der Waals surface area (Å²) < 4.78 is 11.3. The van der Waals surface area contributed by atoms with E-state index in [1.54, 1.807) is 12.4 Å². The van der Waals surface area contributed by atoms with Gasteiger partial charge in [0.1, 0.15) is 12.4 Å². The molecule has 0 amide bonds. The second kappa shape index (κ2) is 17.0. The molecule has 2 aromatic rings. The molecule has 6 heteroatoms. The number of rotatable bonds is 19. The minimum absolute atomic E-state index is 0.520. The van der Waals surface area contributed by atoms with E-state index >= 15 is 0 Å². The summed E-state index contributed by atoms with van der Waals surface area (Å²) >= 11 is 0. The Morgan fingerprint density at radius 3 is 2.09 bits per heavy atom. The molecule has 34 heavy (non-hydrogen) atoms. The number of ether oxygens (including phenoxy) is 2. The van der Waals surface area contributed by atoms with E-state index in [2.05, 4.69) is 23.8 Å². The maximum Gasteiger partial charge on any atom is 0.311 e. The van der Waals surface area contributed by atoms with Gasteiger partial charge in [0.15, 0.2) is 5.82 Å². The summed E-state index contributed by atoms with van der Waals surface area (Å²) in [6.07, 6.45) is 15.6. The molecule has 2 rings (SSSR count). The summed E-state index contributed by atoms with van der Waals surface area (Å²) in [6, 6.07) is 7.62. The van der Waals surface area contributed by atoms with Crippen LogP contribution in [-0.2, 0) is 9.53 Å². The predicted octanol–water partition coefficient (Wildman–Crippen LogP) is 7.04. The molecule has 0 aliphatic rings. The normalized spacial score (nSPS) is 11.9. The van der Waals surface area contributed by atoms with Crippen molar-refractivity contribution in [3.8, 4) is 17.1 Å². The van der Waals surface area contributed by atoms with E-state index in [4.69, 9.17) is 9.47 Å². The number of carboxylic acid groups (broad SMARTS) is 1. The zero-order valence-corrected chi connectivity index (χ0v) is 21.0. The fourth-order valence-electron chi connectivity index (χ4n) is 3.88. The van der Waals surface area contributed by atoms with E-state index in [0.29, 0.717) is 31.0 Å². The third-order valence-electron chi connectivity index (χ3n) is 5.97. The van der Waals surface area contributed by atoms with Crippen molar-refractivity contribution in [3.05, 3.63) is 42.2 Å². The lowest BCUT2D eigenvalue weighted by Gasteiger charge is -2.12. The van der Waals surface area contributed by atoms with E-state index < -0.39 is 11.9 Å². The largest absolute Gasteiger partial charge is 0.491 e. The van der Waals surface area contributed by atoms with Gasteiger partial charge in [0.25, 0.3) is 0 Å². The smallest absolute Gasteiger partial charge is 0.311 e. The van der Waals surface area contributed by atoms with Crippen molar-refractivity contribution in [3.63, 3.8) is 0 Å². The van der Waals surface area contributed by atoms with E-state index in [0.717, 1.165) is 37.2 Å². The number of nitrogens with zero attached hydrogens (tertiary/aromatic N) is 2. The van der Waals surface area contributed by atoms with E-state index in [1.165, 1.54) is 44.9 Å². The lowest BCUT2D eigenvalue weighted by molar-refractivity contribution is -0.139. The van der Waals surface area contributed by atoms with Gasteiger partial charge in [-0.25, -0.2) is 9.97 Å². The highest BCUT2D eigenvalue weighted by atomic mass is 16.5. The van der Waals surface area contributed by atoms with Crippen LogP contribution in [0.1, 0.15) is 96.0 Å². The molecular formula is C28H42N2O4. The fourth-order valence-corrected chi connectivity index (χ4v) is 3.88. The lowest BCUT2D eigenvalue weighted by atomic mass is 9.95. The molecule has 1 N–H and O–H groups in total. The molecule has 0 radical (unpaired) electrons. The zero-order valence-electron chi connectivity index (χ0n) is 21.0. The van der Waals surface area contributed by atoms with Gasteiger partial charge in [-0.15, -0.1) is 0 Å². The van der Waals surface area contributed by atoms with Gasteiger partial charge in [0.2, 0.25) is 0 Å². The molecule has 0 spiro atoms. The first kappa shape index (κ1) is 27.8. The molecule has 6 nitrogen and oxygen atoms in total. The summed E-state index contributed by atoms with van der Waals surface area (Å²) in [4.78, 5) is 20.7. The second-order valence-corrected chi connectivity index (χ2v) is 8.83. The summed E-state index contributed by atoms with van der Waals surface area (Å²) in [7, 11) is 0. The van der Waals surface area contributed by atoms with Crippen LogP contribution in [0.5, 0.6) is 5.75 Å². The van der Waals surface area contributed by atoms with Crippen LogP contribution >= 0.6 is 0 Å². The van der Waals surface area contributed by atoms with Crippen LogP contribution in [0.4, 0.5) is 0 Å². The van der Waals surface area contributed by atoms with Gasteiger partial charge in [-0.1, -0.05) is 71.6 Å². The van der Waals surface area contributed by atoms with Gasteiger partial charge in [0, 0.05) is 30.1 Å². The Bertz CT molecular complexity index is 793. The van der Waals surface area contributed by atoms with Crippen LogP contribution in [0.25, 0.3) is 11.4 Å². The van der Waals surface area contributed by atoms with Gasteiger partial charge < -0.3 is 14.6 Å². The minimum Gasteiger partial charge on any atom is -0.491 e. The number of carboxylic acids is 1. The molecule has 1 heterocycles. The van der Waals surface area contributed by atoms with Gasteiger partial charge >= 0.3 is 5.97 Å². The summed E-state index contributed by atoms with van der Waals surface area (Å²) in [6.45, 7) is 6.27. The third-order valence-corrected chi connectivity index (χ3v) is 5.97. The quantitative estimate of drug-likeness (QED) is 0.222. The molecule has 0 aliphatic heterocycles. The second-order valence-electron chi connectivity index (χ2n) is 8.83. The van der Waals surface area contributed by atoms with Crippen LogP contribution in [-0.4, -0.2) is 40.9 Å². The molecule has 1 atom stereocenters. The number of unbranched alkanes of at least 4 members (excludes halogenated alkanes) is 8. The van der Waals surface area contributed by atoms with Gasteiger partial charge in [0.05, 0.1) is 12.5 Å². The Morgan fingerprint density at radius 1 is 0.824 bits per heavy atom. The van der Waals surface area contributed by atoms with Gasteiger partial charge in [-0.05, 0) is 37.1 Å². The van der Waals surface area contributed by atoms with Gasteiger partial charge in [-0.3, -0.25) is 4.79 Å². The SMILES string of the molecule is CCCCCCCCCC(C(=O)O)c1cnc(-c2ccc(OCCOCCCCC)cc2)nc1. The number of aromatic nitrogens is 2. The van der Waals surface area contributed by atoms with Crippen molar-refractivity contribution >= 4 is 5.97 Å². The number of aliphatic carboxylic acids is 1. The molecule has 1 unspecified atom stereocenters. The summed E-state index contributed by atoms with van der Waals surface area (Å²) in [5, 5.41) is 9.68. The van der Waals surface area contributed by atoms with E-state index in [-0.39, 0.29) is 0 Å². The van der Waals surface area contributed by atoms with E-state index in [1.807, 2.05) is 24.3 Å². The monoisotopic (exact) mass is 470 g/mol. The van der Waals surface area contributed by atoms with Crippen molar-refractivity contribution in [2.24, 2.45) is 0 Å². The molecular weight excluding hydrogens is 428 g/mol. The molecule has 1 aromatic heterocycles. The molecule has 0 saturated carbocycles. The average Bonchev–Trinajstić information content (AvgIpc) is 2.85.